The Morgan fingerprint density at radius 2 is 1.69 bits per heavy atom. The number of carbonyl (C=O) groups excluding carboxylic acids is 2. The fourth-order valence-corrected chi connectivity index (χ4v) is 4.81. The Bertz CT molecular complexity index is 1280. The van der Waals surface area contributed by atoms with Gasteiger partial charge in [0.2, 0.25) is 5.95 Å². The van der Waals surface area contributed by atoms with Crippen LogP contribution >= 0.6 is 11.8 Å². The van der Waals surface area contributed by atoms with Crippen LogP contribution in [0.2, 0.25) is 0 Å². The lowest BCUT2D eigenvalue weighted by Crippen LogP contribution is -2.22. The number of nitrogens with zero attached hydrogens (tertiary/aromatic N) is 4. The number of nitrogens with one attached hydrogen (secondary N) is 1. The van der Waals surface area contributed by atoms with E-state index >= 15 is 0 Å². The second kappa shape index (κ2) is 10.6. The molecule has 0 unspecified atom stereocenters. The first kappa shape index (κ1) is 22.9. The molecule has 2 aromatic heterocycles. The van der Waals surface area contributed by atoms with Gasteiger partial charge in [-0.25, -0.2) is 0 Å². The molecule has 1 N–H and O–H groups in total. The lowest BCUT2D eigenvalue weighted by molar-refractivity contribution is 0.101. The average molecular weight is 488 g/mol. The molecule has 9 heteroatoms. The molecule has 35 heavy (non-hydrogen) atoms. The number of aromatic nitrogens is 3. The molecule has 1 aliphatic rings. The van der Waals surface area contributed by atoms with Crippen molar-refractivity contribution in [1.82, 2.24) is 14.8 Å². The van der Waals surface area contributed by atoms with Crippen LogP contribution in [0, 0.1) is 0 Å². The van der Waals surface area contributed by atoms with Gasteiger partial charge >= 0.3 is 0 Å². The van der Waals surface area contributed by atoms with Gasteiger partial charge in [0.05, 0.1) is 18.6 Å². The topological polar surface area (TPSA) is 93.3 Å². The fraction of sp³-hybridized carbons (Fsp3) is 0.231. The highest BCUT2D eigenvalue weighted by atomic mass is 32.2. The molecule has 5 rings (SSSR count). The smallest absolute Gasteiger partial charge is 0.255 e. The van der Waals surface area contributed by atoms with Crippen molar-refractivity contribution in [2.75, 3.05) is 29.1 Å². The van der Waals surface area contributed by atoms with Crippen LogP contribution in [-0.2, 0) is 6.54 Å². The lowest BCUT2D eigenvalue weighted by Gasteiger charge is -2.17. The zero-order chi connectivity index (χ0) is 24.0. The predicted molar refractivity (Wildman–Crippen MR) is 135 cm³/mol. The van der Waals surface area contributed by atoms with E-state index in [0.29, 0.717) is 28.5 Å². The highest BCUT2D eigenvalue weighted by Crippen LogP contribution is 2.26. The van der Waals surface area contributed by atoms with Crippen molar-refractivity contribution in [2.24, 2.45) is 0 Å². The predicted octanol–water partition coefficient (Wildman–Crippen LogP) is 4.75. The van der Waals surface area contributed by atoms with E-state index in [0.717, 1.165) is 37.6 Å². The Hall–Kier alpha value is -3.85. The number of rotatable bonds is 9. The first-order valence-electron chi connectivity index (χ1n) is 11.5. The molecule has 2 aromatic carbocycles. The van der Waals surface area contributed by atoms with Crippen molar-refractivity contribution in [3.05, 3.63) is 89.9 Å². The van der Waals surface area contributed by atoms with E-state index in [2.05, 4.69) is 20.4 Å². The van der Waals surface area contributed by atoms with Gasteiger partial charge in [-0.15, -0.1) is 10.2 Å². The Balaban J connectivity index is 1.24. The molecule has 0 atom stereocenters. The van der Waals surface area contributed by atoms with E-state index in [1.807, 2.05) is 34.9 Å². The van der Waals surface area contributed by atoms with Crippen molar-refractivity contribution in [1.29, 1.82) is 0 Å². The molecule has 0 saturated carbocycles. The summed E-state index contributed by atoms with van der Waals surface area (Å²) >= 11 is 1.37. The van der Waals surface area contributed by atoms with Gasteiger partial charge in [-0.1, -0.05) is 30.0 Å². The zero-order valence-electron chi connectivity index (χ0n) is 19.1. The lowest BCUT2D eigenvalue weighted by atomic mass is 10.1. The van der Waals surface area contributed by atoms with Crippen molar-refractivity contribution < 1.29 is 14.0 Å². The molecule has 178 valence electrons. The number of amides is 1. The summed E-state index contributed by atoms with van der Waals surface area (Å²) in [4.78, 5) is 27.4. The number of Topliss-reactive ketones (excluding diaryl/α,β-unsaturated/α-hetero) is 1. The number of hydrogen-bond acceptors (Lipinski definition) is 7. The Morgan fingerprint density at radius 3 is 2.40 bits per heavy atom. The quantitative estimate of drug-likeness (QED) is 0.269. The third-order valence-corrected chi connectivity index (χ3v) is 6.78. The third-order valence-electron chi connectivity index (χ3n) is 5.81. The van der Waals surface area contributed by atoms with Crippen LogP contribution in [0.25, 0.3) is 0 Å². The standard InChI is InChI=1S/C26H25N5O3S/c32-23(19-10-12-21(13-11-19)27-24(33)20-7-2-1-3-8-20)18-35-26-29-28-25(30-14-4-5-15-30)31(26)17-22-9-6-16-34-22/h1-3,6-13,16H,4-5,14-15,17-18H2,(H,27,33). The van der Waals surface area contributed by atoms with Crippen molar-refractivity contribution in [3.63, 3.8) is 0 Å². The molecule has 0 spiro atoms. The minimum atomic E-state index is -0.190. The molecule has 1 aliphatic heterocycles. The average Bonchev–Trinajstić information content (AvgIpc) is 3.67. The molecule has 1 fully saturated rings. The van der Waals surface area contributed by atoms with Gasteiger partial charge in [0, 0.05) is 29.9 Å². The normalized spacial score (nSPS) is 13.2. The molecule has 3 heterocycles. The van der Waals surface area contributed by atoms with E-state index < -0.39 is 0 Å². The van der Waals surface area contributed by atoms with Gasteiger partial charge < -0.3 is 14.6 Å². The summed E-state index contributed by atoms with van der Waals surface area (Å²) in [6.07, 6.45) is 3.92. The zero-order valence-corrected chi connectivity index (χ0v) is 19.9. The summed E-state index contributed by atoms with van der Waals surface area (Å²) in [6, 6.07) is 19.7. The van der Waals surface area contributed by atoms with E-state index in [-0.39, 0.29) is 17.4 Å². The summed E-state index contributed by atoms with van der Waals surface area (Å²) in [5.74, 6) is 1.64. The maximum absolute atomic E-state index is 12.9. The van der Waals surface area contributed by atoms with E-state index in [1.54, 1.807) is 42.7 Å². The van der Waals surface area contributed by atoms with Gasteiger partial charge in [0.25, 0.3) is 5.91 Å². The summed E-state index contributed by atoms with van der Waals surface area (Å²) < 4.78 is 7.56. The highest BCUT2D eigenvalue weighted by molar-refractivity contribution is 7.99. The molecule has 1 amide bonds. The first-order chi connectivity index (χ1) is 17.2. The Labute approximate surface area is 207 Å². The monoisotopic (exact) mass is 487 g/mol. The number of carbonyl (C=O) groups is 2. The van der Waals surface area contributed by atoms with E-state index in [9.17, 15) is 9.59 Å². The van der Waals surface area contributed by atoms with Gasteiger partial charge in [0.1, 0.15) is 5.76 Å². The molecular weight excluding hydrogens is 462 g/mol. The number of anilines is 2. The van der Waals surface area contributed by atoms with Crippen LogP contribution in [0.15, 0.2) is 82.6 Å². The third kappa shape index (κ3) is 5.46. The second-order valence-electron chi connectivity index (χ2n) is 8.25. The van der Waals surface area contributed by atoms with Crippen LogP contribution in [0.5, 0.6) is 0 Å². The van der Waals surface area contributed by atoms with Crippen LogP contribution in [0.4, 0.5) is 11.6 Å². The number of thioether (sulfide) groups is 1. The van der Waals surface area contributed by atoms with Crippen molar-refractivity contribution in [3.8, 4) is 0 Å². The largest absolute Gasteiger partial charge is 0.467 e. The molecular formula is C26H25N5O3S. The molecule has 0 bridgehead atoms. The summed E-state index contributed by atoms with van der Waals surface area (Å²) in [5.41, 5.74) is 1.79. The van der Waals surface area contributed by atoms with Crippen molar-refractivity contribution in [2.45, 2.75) is 24.5 Å². The first-order valence-corrected chi connectivity index (χ1v) is 12.5. The summed E-state index contributed by atoms with van der Waals surface area (Å²) in [6.45, 7) is 2.41. The van der Waals surface area contributed by atoms with Crippen molar-refractivity contribution >= 4 is 35.1 Å². The summed E-state index contributed by atoms with van der Waals surface area (Å²) in [5, 5.41) is 12.3. The van der Waals surface area contributed by atoms with E-state index in [4.69, 9.17) is 4.42 Å². The van der Waals surface area contributed by atoms with Crippen LogP contribution in [0.1, 0.15) is 39.3 Å². The van der Waals surface area contributed by atoms with Gasteiger partial charge in [-0.05, 0) is 61.4 Å². The maximum Gasteiger partial charge on any atom is 0.255 e. The number of hydrogen-bond donors (Lipinski definition) is 1. The Morgan fingerprint density at radius 1 is 0.914 bits per heavy atom. The molecule has 8 nitrogen and oxygen atoms in total. The molecule has 0 aliphatic carbocycles. The number of ketones is 1. The van der Waals surface area contributed by atoms with Gasteiger partial charge in [0.15, 0.2) is 10.9 Å². The SMILES string of the molecule is O=C(CSc1nnc(N2CCCC2)n1Cc1ccco1)c1ccc(NC(=O)c2ccccc2)cc1. The molecule has 1 saturated heterocycles. The van der Waals surface area contributed by atoms with Crippen LogP contribution in [-0.4, -0.2) is 45.3 Å². The minimum absolute atomic E-state index is 0.0220. The number of furan rings is 1. The molecule has 0 radical (unpaired) electrons. The maximum atomic E-state index is 12.9. The second-order valence-corrected chi connectivity index (χ2v) is 9.19. The minimum Gasteiger partial charge on any atom is -0.467 e. The summed E-state index contributed by atoms with van der Waals surface area (Å²) in [7, 11) is 0. The van der Waals surface area contributed by atoms with Gasteiger partial charge in [-0.2, -0.15) is 0 Å². The van der Waals surface area contributed by atoms with Crippen LogP contribution in [0.3, 0.4) is 0 Å². The number of benzene rings is 2. The highest BCUT2D eigenvalue weighted by Gasteiger charge is 2.22. The van der Waals surface area contributed by atoms with E-state index in [1.165, 1.54) is 11.8 Å². The molecule has 4 aromatic rings. The van der Waals surface area contributed by atoms with Crippen LogP contribution < -0.4 is 10.2 Å². The Kier molecular flexibility index (Phi) is 6.94. The fourth-order valence-electron chi connectivity index (χ4n) is 3.98. The van der Waals surface area contributed by atoms with Gasteiger partial charge in [-0.3, -0.25) is 14.2 Å².